The Morgan fingerprint density at radius 1 is 1.15 bits per heavy atom. The van der Waals surface area contributed by atoms with Crippen molar-refractivity contribution in [3.05, 3.63) is 42.0 Å². The summed E-state index contributed by atoms with van der Waals surface area (Å²) in [5.74, 6) is 2.51. The van der Waals surface area contributed by atoms with Gasteiger partial charge < -0.3 is 5.32 Å². The van der Waals surface area contributed by atoms with E-state index in [0.717, 1.165) is 40.6 Å². The number of aryl methyl sites for hydroxylation is 1. The molecule has 0 bridgehead atoms. The lowest BCUT2D eigenvalue weighted by molar-refractivity contribution is 0.931. The molecule has 0 aliphatic heterocycles. The summed E-state index contributed by atoms with van der Waals surface area (Å²) in [4.78, 5) is 13.5. The Morgan fingerprint density at radius 3 is 2.75 bits per heavy atom. The normalized spacial score (nSPS) is 10.9. The van der Waals surface area contributed by atoms with E-state index in [1.165, 1.54) is 0 Å². The van der Waals surface area contributed by atoms with Gasteiger partial charge in [0, 0.05) is 12.1 Å². The van der Waals surface area contributed by atoms with Crippen LogP contribution in [-0.4, -0.2) is 26.1 Å². The summed E-state index contributed by atoms with van der Waals surface area (Å²) in [6.07, 6.45) is 1.81. The van der Waals surface area contributed by atoms with E-state index in [0.29, 0.717) is 0 Å². The van der Waals surface area contributed by atoms with Crippen LogP contribution in [0.15, 0.2) is 30.6 Å². The lowest BCUT2D eigenvalue weighted by atomic mass is 10.2. The molecule has 3 aromatic rings. The monoisotopic (exact) mass is 267 g/mol. The summed E-state index contributed by atoms with van der Waals surface area (Å²) in [7, 11) is 0. The second-order valence-electron chi connectivity index (χ2n) is 4.70. The predicted molar refractivity (Wildman–Crippen MR) is 80.3 cm³/mol. The molecule has 0 saturated carbocycles. The van der Waals surface area contributed by atoms with E-state index in [-0.39, 0.29) is 0 Å². The summed E-state index contributed by atoms with van der Waals surface area (Å²) >= 11 is 0. The maximum Gasteiger partial charge on any atom is 0.147 e. The molecule has 0 radical (unpaired) electrons. The molecular formula is C15H17N5. The van der Waals surface area contributed by atoms with E-state index in [2.05, 4.69) is 27.2 Å². The Hall–Kier alpha value is -2.43. The van der Waals surface area contributed by atoms with Gasteiger partial charge in [0.25, 0.3) is 0 Å². The Morgan fingerprint density at radius 2 is 1.95 bits per heavy atom. The fourth-order valence-electron chi connectivity index (χ4n) is 2.32. The number of imidazole rings is 1. The van der Waals surface area contributed by atoms with Gasteiger partial charge in [0.05, 0.1) is 11.0 Å². The van der Waals surface area contributed by atoms with Crippen molar-refractivity contribution in [1.82, 2.24) is 19.5 Å². The van der Waals surface area contributed by atoms with Gasteiger partial charge in [-0.15, -0.1) is 0 Å². The van der Waals surface area contributed by atoms with Crippen LogP contribution in [0.4, 0.5) is 5.82 Å². The highest BCUT2D eigenvalue weighted by molar-refractivity contribution is 5.77. The van der Waals surface area contributed by atoms with E-state index < -0.39 is 0 Å². The molecule has 5 nitrogen and oxygen atoms in total. The van der Waals surface area contributed by atoms with Gasteiger partial charge in [-0.3, -0.25) is 4.57 Å². The van der Waals surface area contributed by atoms with Crippen molar-refractivity contribution in [1.29, 1.82) is 0 Å². The number of aromatic nitrogens is 4. The zero-order chi connectivity index (χ0) is 14.1. The summed E-state index contributed by atoms with van der Waals surface area (Å²) in [6, 6.07) is 8.05. The zero-order valence-electron chi connectivity index (χ0n) is 11.9. The molecule has 0 aliphatic rings. The van der Waals surface area contributed by atoms with Crippen LogP contribution in [0, 0.1) is 13.8 Å². The molecule has 0 saturated heterocycles. The van der Waals surface area contributed by atoms with Gasteiger partial charge in [0.2, 0.25) is 0 Å². The Balaban J connectivity index is 2.23. The van der Waals surface area contributed by atoms with E-state index in [9.17, 15) is 0 Å². The molecule has 3 rings (SSSR count). The third-order valence-corrected chi connectivity index (χ3v) is 3.26. The number of para-hydroxylation sites is 2. The second-order valence-corrected chi connectivity index (χ2v) is 4.70. The van der Waals surface area contributed by atoms with Gasteiger partial charge in [-0.25, -0.2) is 15.0 Å². The number of hydrogen-bond donors (Lipinski definition) is 1. The van der Waals surface area contributed by atoms with Gasteiger partial charge in [0.1, 0.15) is 23.8 Å². The van der Waals surface area contributed by atoms with E-state index in [1.807, 2.05) is 49.0 Å². The first-order valence-electron chi connectivity index (χ1n) is 6.72. The number of anilines is 1. The number of rotatable bonds is 3. The number of nitrogens with one attached hydrogen (secondary N) is 1. The highest BCUT2D eigenvalue weighted by Gasteiger charge is 2.12. The third kappa shape index (κ3) is 2.01. The molecule has 0 atom stereocenters. The Kier molecular flexibility index (Phi) is 3.10. The molecule has 5 heteroatoms. The molecule has 20 heavy (non-hydrogen) atoms. The van der Waals surface area contributed by atoms with Gasteiger partial charge in [-0.2, -0.15) is 0 Å². The fourth-order valence-corrected chi connectivity index (χ4v) is 2.32. The smallest absolute Gasteiger partial charge is 0.147 e. The topological polar surface area (TPSA) is 55.6 Å². The van der Waals surface area contributed by atoms with Crippen molar-refractivity contribution in [3.63, 3.8) is 0 Å². The molecule has 102 valence electrons. The molecule has 0 unspecified atom stereocenters. The summed E-state index contributed by atoms with van der Waals surface area (Å²) < 4.78 is 2.01. The van der Waals surface area contributed by atoms with Crippen molar-refractivity contribution in [2.45, 2.75) is 20.8 Å². The molecule has 0 fully saturated rings. The van der Waals surface area contributed by atoms with Crippen molar-refractivity contribution < 1.29 is 0 Å². The van der Waals surface area contributed by atoms with Crippen molar-refractivity contribution in [3.8, 4) is 5.82 Å². The first kappa shape index (κ1) is 12.6. The fraction of sp³-hybridized carbons (Fsp3) is 0.267. The van der Waals surface area contributed by atoms with Crippen molar-refractivity contribution in [2.75, 3.05) is 11.9 Å². The lowest BCUT2D eigenvalue weighted by Gasteiger charge is -2.13. The van der Waals surface area contributed by atoms with Crippen LogP contribution in [0.5, 0.6) is 0 Å². The molecule has 0 spiro atoms. The van der Waals surface area contributed by atoms with Crippen LogP contribution in [0.3, 0.4) is 0 Å². The summed E-state index contributed by atoms with van der Waals surface area (Å²) in [5, 5.41) is 3.28. The van der Waals surface area contributed by atoms with Crippen LogP contribution < -0.4 is 5.32 Å². The minimum Gasteiger partial charge on any atom is -0.370 e. The first-order chi connectivity index (χ1) is 9.70. The third-order valence-electron chi connectivity index (χ3n) is 3.26. The quantitative estimate of drug-likeness (QED) is 0.792. The maximum absolute atomic E-state index is 4.58. The van der Waals surface area contributed by atoms with Gasteiger partial charge in [-0.1, -0.05) is 12.1 Å². The summed E-state index contributed by atoms with van der Waals surface area (Å²) in [5.41, 5.74) is 3.05. The van der Waals surface area contributed by atoms with Gasteiger partial charge >= 0.3 is 0 Å². The van der Waals surface area contributed by atoms with Crippen LogP contribution >= 0.6 is 0 Å². The molecule has 2 aromatic heterocycles. The molecular weight excluding hydrogens is 250 g/mol. The number of fused-ring (bicyclic) bond motifs is 1. The maximum atomic E-state index is 4.58. The zero-order valence-corrected chi connectivity index (χ0v) is 11.9. The van der Waals surface area contributed by atoms with Crippen molar-refractivity contribution in [2.24, 2.45) is 0 Å². The minimum absolute atomic E-state index is 0.749. The molecule has 1 N–H and O–H groups in total. The number of benzene rings is 1. The molecule has 2 heterocycles. The largest absolute Gasteiger partial charge is 0.370 e. The lowest BCUT2D eigenvalue weighted by Crippen LogP contribution is -2.09. The van der Waals surface area contributed by atoms with Gasteiger partial charge in [-0.05, 0) is 32.9 Å². The van der Waals surface area contributed by atoms with Crippen LogP contribution in [0.2, 0.25) is 0 Å². The molecule has 1 aromatic carbocycles. The SMILES string of the molecule is CCNc1nc(C)nc(-n2cnc3ccccc32)c1C. The second kappa shape index (κ2) is 4.92. The first-order valence-corrected chi connectivity index (χ1v) is 6.72. The minimum atomic E-state index is 0.749. The van der Waals surface area contributed by atoms with E-state index >= 15 is 0 Å². The Labute approximate surface area is 117 Å². The average molecular weight is 267 g/mol. The summed E-state index contributed by atoms with van der Waals surface area (Å²) in [6.45, 7) is 6.83. The number of nitrogens with zero attached hydrogens (tertiary/aromatic N) is 4. The predicted octanol–water partition coefficient (Wildman–Crippen LogP) is 2.86. The highest BCUT2D eigenvalue weighted by Crippen LogP contribution is 2.23. The number of hydrogen-bond acceptors (Lipinski definition) is 4. The molecule has 0 aliphatic carbocycles. The van der Waals surface area contributed by atoms with Crippen molar-refractivity contribution >= 4 is 16.9 Å². The van der Waals surface area contributed by atoms with Crippen LogP contribution in [-0.2, 0) is 0 Å². The Bertz CT molecular complexity index is 760. The van der Waals surface area contributed by atoms with Crippen LogP contribution in [0.1, 0.15) is 18.3 Å². The highest BCUT2D eigenvalue weighted by atomic mass is 15.1. The standard InChI is InChI=1S/C15H17N5/c1-4-16-14-10(2)15(19-11(3)18-14)20-9-17-12-7-5-6-8-13(12)20/h5-9H,4H2,1-3H3,(H,16,18,19). The van der Waals surface area contributed by atoms with E-state index in [4.69, 9.17) is 0 Å². The molecule has 0 amide bonds. The van der Waals surface area contributed by atoms with E-state index in [1.54, 1.807) is 0 Å². The van der Waals surface area contributed by atoms with Gasteiger partial charge in [0.15, 0.2) is 0 Å². The average Bonchev–Trinajstić information content (AvgIpc) is 2.86. The van der Waals surface area contributed by atoms with Crippen LogP contribution in [0.25, 0.3) is 16.9 Å².